The third kappa shape index (κ3) is 4.16. The lowest BCUT2D eigenvalue weighted by atomic mass is 10.1. The van der Waals surface area contributed by atoms with E-state index in [0.29, 0.717) is 16.4 Å². The van der Waals surface area contributed by atoms with E-state index in [9.17, 15) is 12.8 Å². The summed E-state index contributed by atoms with van der Waals surface area (Å²) in [4.78, 5) is 0.108. The second-order valence-electron chi connectivity index (χ2n) is 6.24. The number of sulfonamides is 1. The van der Waals surface area contributed by atoms with Crippen LogP contribution in [0.1, 0.15) is 0 Å². The van der Waals surface area contributed by atoms with Gasteiger partial charge >= 0.3 is 0 Å². The van der Waals surface area contributed by atoms with E-state index in [1.54, 1.807) is 59.4 Å². The van der Waals surface area contributed by atoms with Crippen LogP contribution in [-0.2, 0) is 10.0 Å². The van der Waals surface area contributed by atoms with Gasteiger partial charge in [-0.05, 0) is 72.8 Å². The molecule has 0 atom stereocenters. The molecule has 8 heteroatoms. The van der Waals surface area contributed by atoms with E-state index >= 15 is 0 Å². The molecule has 0 aliphatic carbocycles. The van der Waals surface area contributed by atoms with Gasteiger partial charge in [0.15, 0.2) is 0 Å². The lowest BCUT2D eigenvalue weighted by Gasteiger charge is -2.11. The van der Waals surface area contributed by atoms with Crippen molar-refractivity contribution in [2.24, 2.45) is 0 Å². The largest absolute Gasteiger partial charge is 0.280 e. The summed E-state index contributed by atoms with van der Waals surface area (Å²) < 4.78 is 42.6. The molecule has 5 nitrogen and oxygen atoms in total. The van der Waals surface area contributed by atoms with Gasteiger partial charge in [-0.2, -0.15) is 5.10 Å². The molecule has 0 radical (unpaired) electrons. The van der Waals surface area contributed by atoms with Gasteiger partial charge in [0.05, 0.1) is 28.2 Å². The Bertz CT molecular complexity index is 1250. The highest BCUT2D eigenvalue weighted by Crippen LogP contribution is 2.24. The molecular weight excluding hydrogens is 413 g/mol. The summed E-state index contributed by atoms with van der Waals surface area (Å²) in [7, 11) is -3.76. The van der Waals surface area contributed by atoms with Crippen molar-refractivity contribution in [2.75, 3.05) is 4.72 Å². The molecule has 0 bridgehead atoms. The molecule has 4 aromatic rings. The van der Waals surface area contributed by atoms with Crippen molar-refractivity contribution in [2.45, 2.75) is 4.90 Å². The quantitative estimate of drug-likeness (QED) is 0.480. The Morgan fingerprint density at radius 1 is 0.931 bits per heavy atom. The molecule has 0 unspecified atom stereocenters. The summed E-state index contributed by atoms with van der Waals surface area (Å²) in [5, 5.41) is 4.74. The van der Waals surface area contributed by atoms with Gasteiger partial charge in [0.2, 0.25) is 0 Å². The van der Waals surface area contributed by atoms with E-state index in [1.807, 2.05) is 0 Å². The van der Waals surface area contributed by atoms with Crippen LogP contribution in [-0.4, -0.2) is 18.2 Å². The molecule has 1 N–H and O–H groups in total. The minimum absolute atomic E-state index is 0.108. The summed E-state index contributed by atoms with van der Waals surface area (Å²) in [5.74, 6) is -0.318. The average molecular weight is 428 g/mol. The molecule has 0 saturated carbocycles. The van der Waals surface area contributed by atoms with E-state index in [2.05, 4.69) is 9.82 Å². The smallest absolute Gasteiger partial charge is 0.261 e. The molecule has 0 aliphatic heterocycles. The van der Waals surface area contributed by atoms with E-state index in [1.165, 1.54) is 30.3 Å². The van der Waals surface area contributed by atoms with Gasteiger partial charge in [-0.1, -0.05) is 17.7 Å². The molecule has 4 rings (SSSR count). The molecule has 1 aromatic heterocycles. The summed E-state index contributed by atoms with van der Waals surface area (Å²) in [6, 6.07) is 20.7. The molecule has 146 valence electrons. The lowest BCUT2D eigenvalue weighted by Crippen LogP contribution is -2.13. The van der Waals surface area contributed by atoms with Crippen LogP contribution in [0.2, 0.25) is 5.02 Å². The van der Waals surface area contributed by atoms with Crippen LogP contribution in [0.4, 0.5) is 10.1 Å². The highest BCUT2D eigenvalue weighted by atomic mass is 35.5. The third-order valence-corrected chi connectivity index (χ3v) is 5.88. The van der Waals surface area contributed by atoms with Gasteiger partial charge in [-0.25, -0.2) is 17.5 Å². The lowest BCUT2D eigenvalue weighted by molar-refractivity contribution is 0.601. The van der Waals surface area contributed by atoms with Crippen LogP contribution >= 0.6 is 11.6 Å². The highest BCUT2D eigenvalue weighted by molar-refractivity contribution is 7.92. The van der Waals surface area contributed by atoms with Crippen molar-refractivity contribution in [1.29, 1.82) is 0 Å². The Morgan fingerprint density at radius 2 is 1.66 bits per heavy atom. The zero-order valence-electron chi connectivity index (χ0n) is 15.0. The minimum atomic E-state index is -3.76. The summed E-state index contributed by atoms with van der Waals surface area (Å²) in [6.45, 7) is 0. The van der Waals surface area contributed by atoms with Crippen molar-refractivity contribution in [3.63, 3.8) is 0 Å². The Balaban J connectivity index is 1.62. The van der Waals surface area contributed by atoms with Gasteiger partial charge < -0.3 is 0 Å². The zero-order valence-corrected chi connectivity index (χ0v) is 16.5. The number of anilines is 1. The predicted molar refractivity (Wildman–Crippen MR) is 111 cm³/mol. The fourth-order valence-corrected chi connectivity index (χ4v) is 4.12. The summed E-state index contributed by atoms with van der Waals surface area (Å²) >= 11 is 5.91. The summed E-state index contributed by atoms with van der Waals surface area (Å²) in [6.07, 6.45) is 1.63. The van der Waals surface area contributed by atoms with E-state index in [-0.39, 0.29) is 10.7 Å². The van der Waals surface area contributed by atoms with Gasteiger partial charge in [-0.3, -0.25) is 4.72 Å². The number of nitrogens with one attached hydrogen (secondary N) is 1. The number of halogens is 2. The molecule has 0 amide bonds. The number of hydrogen-bond donors (Lipinski definition) is 1. The van der Waals surface area contributed by atoms with E-state index in [4.69, 9.17) is 11.6 Å². The number of nitrogens with zero attached hydrogens (tertiary/aromatic N) is 2. The second kappa shape index (κ2) is 7.69. The molecule has 0 fully saturated rings. The molecule has 0 saturated heterocycles. The molecule has 0 spiro atoms. The van der Waals surface area contributed by atoms with Gasteiger partial charge in [0.25, 0.3) is 10.0 Å². The number of benzene rings is 3. The minimum Gasteiger partial charge on any atom is -0.280 e. The first-order valence-corrected chi connectivity index (χ1v) is 10.5. The molecule has 0 aliphatic rings. The summed E-state index contributed by atoms with van der Waals surface area (Å²) in [5.41, 5.74) is 2.61. The van der Waals surface area contributed by atoms with Gasteiger partial charge in [0.1, 0.15) is 5.82 Å². The molecular formula is C21H15ClFN3O2S. The fourth-order valence-electron chi connectivity index (χ4n) is 2.88. The number of rotatable bonds is 5. The Morgan fingerprint density at radius 3 is 2.34 bits per heavy atom. The normalized spacial score (nSPS) is 11.4. The standard InChI is InChI=1S/C21H15ClFN3O2S/c22-16-2-1-3-18(14-16)25-29(27,28)20-10-8-19(9-11-20)26-21(12-13-24-26)15-4-6-17(23)7-5-15/h1-14,25H. The molecule has 3 aromatic carbocycles. The van der Waals surface area contributed by atoms with Crippen molar-refractivity contribution >= 4 is 27.3 Å². The second-order valence-corrected chi connectivity index (χ2v) is 8.36. The SMILES string of the molecule is O=S(=O)(Nc1cccc(Cl)c1)c1ccc(-n2nccc2-c2ccc(F)cc2)cc1. The van der Waals surface area contributed by atoms with Crippen molar-refractivity contribution < 1.29 is 12.8 Å². The Hall–Kier alpha value is -3.16. The van der Waals surface area contributed by atoms with E-state index in [0.717, 1.165) is 11.3 Å². The van der Waals surface area contributed by atoms with Crippen LogP contribution in [0.25, 0.3) is 16.9 Å². The van der Waals surface area contributed by atoms with Crippen LogP contribution in [0, 0.1) is 5.82 Å². The van der Waals surface area contributed by atoms with Crippen LogP contribution in [0.3, 0.4) is 0 Å². The molecule has 29 heavy (non-hydrogen) atoms. The third-order valence-electron chi connectivity index (χ3n) is 4.25. The van der Waals surface area contributed by atoms with Crippen LogP contribution < -0.4 is 4.72 Å². The topological polar surface area (TPSA) is 64.0 Å². The van der Waals surface area contributed by atoms with Gasteiger partial charge in [0, 0.05) is 10.6 Å². The van der Waals surface area contributed by atoms with Crippen LogP contribution in [0.5, 0.6) is 0 Å². The maximum Gasteiger partial charge on any atom is 0.261 e. The maximum atomic E-state index is 13.2. The van der Waals surface area contributed by atoms with Crippen molar-refractivity contribution in [3.8, 4) is 16.9 Å². The van der Waals surface area contributed by atoms with Crippen molar-refractivity contribution in [3.05, 3.63) is 95.9 Å². The van der Waals surface area contributed by atoms with Crippen LogP contribution in [0.15, 0.2) is 90.0 Å². The predicted octanol–water partition coefficient (Wildman–Crippen LogP) is 5.13. The monoisotopic (exact) mass is 427 g/mol. The first kappa shape index (κ1) is 19.2. The molecule has 1 heterocycles. The van der Waals surface area contributed by atoms with E-state index < -0.39 is 10.0 Å². The number of aromatic nitrogens is 2. The highest BCUT2D eigenvalue weighted by Gasteiger charge is 2.15. The average Bonchev–Trinajstić information content (AvgIpc) is 3.18. The van der Waals surface area contributed by atoms with Gasteiger partial charge in [-0.15, -0.1) is 0 Å². The number of hydrogen-bond acceptors (Lipinski definition) is 3. The van der Waals surface area contributed by atoms with Crippen molar-refractivity contribution in [1.82, 2.24) is 9.78 Å². The maximum absolute atomic E-state index is 13.2. The Kier molecular flexibility index (Phi) is 5.08. The Labute approximate surface area is 172 Å². The fraction of sp³-hybridized carbons (Fsp3) is 0. The first-order chi connectivity index (χ1) is 13.9. The first-order valence-electron chi connectivity index (χ1n) is 8.61. The zero-order chi connectivity index (χ0) is 20.4.